The summed E-state index contributed by atoms with van der Waals surface area (Å²) in [5.74, 6) is 0.750. The van der Waals surface area contributed by atoms with Gasteiger partial charge in [0.25, 0.3) is 0 Å². The second-order valence-electron chi connectivity index (χ2n) is 4.51. The number of rotatable bonds is 7. The second kappa shape index (κ2) is 7.68. The van der Waals surface area contributed by atoms with E-state index in [1.807, 2.05) is 49.4 Å². The van der Waals surface area contributed by atoms with Gasteiger partial charge in [0, 0.05) is 6.61 Å². The zero-order valence-corrected chi connectivity index (χ0v) is 11.7. The summed E-state index contributed by atoms with van der Waals surface area (Å²) in [6.45, 7) is 3.04. The number of hydrogen-bond acceptors (Lipinski definition) is 3. The molecule has 1 unspecified atom stereocenters. The van der Waals surface area contributed by atoms with Crippen molar-refractivity contribution in [2.45, 2.75) is 13.0 Å². The fraction of sp³-hybridized carbons (Fsp3) is 0.294. The van der Waals surface area contributed by atoms with Gasteiger partial charge in [-0.3, -0.25) is 0 Å². The first-order valence-electron chi connectivity index (χ1n) is 6.83. The van der Waals surface area contributed by atoms with Crippen LogP contribution in [0.4, 0.5) is 0 Å². The van der Waals surface area contributed by atoms with E-state index in [0.29, 0.717) is 13.2 Å². The van der Waals surface area contributed by atoms with Crippen LogP contribution in [-0.4, -0.2) is 31.0 Å². The predicted molar refractivity (Wildman–Crippen MR) is 79.9 cm³/mol. The van der Waals surface area contributed by atoms with Crippen molar-refractivity contribution in [3.8, 4) is 16.9 Å². The van der Waals surface area contributed by atoms with Crippen LogP contribution in [0.2, 0.25) is 0 Å². The van der Waals surface area contributed by atoms with Crippen molar-refractivity contribution in [1.82, 2.24) is 0 Å². The van der Waals surface area contributed by atoms with Crippen LogP contribution in [0.25, 0.3) is 11.1 Å². The van der Waals surface area contributed by atoms with Crippen LogP contribution in [0.15, 0.2) is 54.6 Å². The summed E-state index contributed by atoms with van der Waals surface area (Å²) in [5.41, 5.74) is 2.32. The Kier molecular flexibility index (Phi) is 5.59. The van der Waals surface area contributed by atoms with Crippen LogP contribution in [0, 0.1) is 0 Å². The minimum atomic E-state index is -0.594. The Hall–Kier alpha value is -1.84. The van der Waals surface area contributed by atoms with E-state index in [0.717, 1.165) is 11.3 Å². The van der Waals surface area contributed by atoms with Gasteiger partial charge in [0.05, 0.1) is 6.61 Å². The summed E-state index contributed by atoms with van der Waals surface area (Å²) in [4.78, 5) is 0. The van der Waals surface area contributed by atoms with Crippen molar-refractivity contribution in [2.24, 2.45) is 0 Å². The van der Waals surface area contributed by atoms with Crippen LogP contribution < -0.4 is 4.74 Å². The molecule has 0 spiro atoms. The van der Waals surface area contributed by atoms with Gasteiger partial charge < -0.3 is 14.6 Å². The van der Waals surface area contributed by atoms with Gasteiger partial charge in [0.1, 0.15) is 18.5 Å². The van der Waals surface area contributed by atoms with Gasteiger partial charge in [-0.2, -0.15) is 0 Å². The zero-order chi connectivity index (χ0) is 14.2. The molecule has 0 aliphatic carbocycles. The molecule has 2 aromatic carbocycles. The summed E-state index contributed by atoms with van der Waals surface area (Å²) in [6, 6.07) is 18.0. The van der Waals surface area contributed by atoms with Crippen molar-refractivity contribution >= 4 is 0 Å². The average molecular weight is 272 g/mol. The molecule has 0 aromatic heterocycles. The quantitative estimate of drug-likeness (QED) is 0.841. The summed E-state index contributed by atoms with van der Waals surface area (Å²) in [6.07, 6.45) is -0.594. The first-order chi connectivity index (χ1) is 9.79. The van der Waals surface area contributed by atoms with E-state index >= 15 is 0 Å². The number of hydrogen-bond donors (Lipinski definition) is 1. The van der Waals surface area contributed by atoms with Gasteiger partial charge in [-0.05, 0) is 30.2 Å². The lowest BCUT2D eigenvalue weighted by Crippen LogP contribution is -2.23. The molecule has 0 saturated carbocycles. The Morgan fingerprint density at radius 1 is 0.900 bits per heavy atom. The lowest BCUT2D eigenvalue weighted by Gasteiger charge is -2.12. The molecule has 0 radical (unpaired) electrons. The van der Waals surface area contributed by atoms with Gasteiger partial charge in [-0.25, -0.2) is 0 Å². The van der Waals surface area contributed by atoms with E-state index in [9.17, 15) is 5.11 Å². The van der Waals surface area contributed by atoms with Crippen LogP contribution in [0.5, 0.6) is 5.75 Å². The number of benzene rings is 2. The highest BCUT2D eigenvalue weighted by Gasteiger charge is 2.05. The van der Waals surface area contributed by atoms with Crippen LogP contribution in [0.3, 0.4) is 0 Å². The van der Waals surface area contributed by atoms with E-state index in [4.69, 9.17) is 9.47 Å². The van der Waals surface area contributed by atoms with Crippen molar-refractivity contribution in [2.75, 3.05) is 19.8 Å². The van der Waals surface area contributed by atoms with Crippen LogP contribution in [0.1, 0.15) is 6.92 Å². The summed E-state index contributed by atoms with van der Waals surface area (Å²) in [7, 11) is 0. The third kappa shape index (κ3) is 4.37. The van der Waals surface area contributed by atoms with Crippen LogP contribution >= 0.6 is 0 Å². The monoisotopic (exact) mass is 272 g/mol. The SMILES string of the molecule is CCOCC(O)COc1ccc(-c2ccccc2)cc1. The van der Waals surface area contributed by atoms with E-state index in [1.165, 1.54) is 5.56 Å². The van der Waals surface area contributed by atoms with Gasteiger partial charge in [-0.1, -0.05) is 42.5 Å². The molecule has 2 rings (SSSR count). The Morgan fingerprint density at radius 3 is 2.20 bits per heavy atom. The molecular formula is C17H20O3. The number of aliphatic hydroxyl groups excluding tert-OH is 1. The molecule has 0 aliphatic rings. The highest BCUT2D eigenvalue weighted by atomic mass is 16.5. The predicted octanol–water partition coefficient (Wildman–Crippen LogP) is 3.13. The first-order valence-corrected chi connectivity index (χ1v) is 6.83. The molecule has 2 aromatic rings. The third-order valence-electron chi connectivity index (χ3n) is 2.92. The molecule has 0 fully saturated rings. The van der Waals surface area contributed by atoms with Gasteiger partial charge >= 0.3 is 0 Å². The van der Waals surface area contributed by atoms with Gasteiger partial charge in [-0.15, -0.1) is 0 Å². The molecule has 0 heterocycles. The van der Waals surface area contributed by atoms with E-state index in [1.54, 1.807) is 0 Å². The molecule has 106 valence electrons. The highest BCUT2D eigenvalue weighted by molar-refractivity contribution is 5.63. The van der Waals surface area contributed by atoms with E-state index in [-0.39, 0.29) is 6.61 Å². The minimum Gasteiger partial charge on any atom is -0.491 e. The summed E-state index contributed by atoms with van der Waals surface area (Å²) >= 11 is 0. The molecule has 0 saturated heterocycles. The standard InChI is InChI=1S/C17H20O3/c1-2-19-12-16(18)13-20-17-10-8-15(9-11-17)14-6-4-3-5-7-14/h3-11,16,18H,2,12-13H2,1H3. The number of ether oxygens (including phenoxy) is 2. The van der Waals surface area contributed by atoms with E-state index in [2.05, 4.69) is 12.1 Å². The van der Waals surface area contributed by atoms with Gasteiger partial charge in [0.15, 0.2) is 0 Å². The average Bonchev–Trinajstić information content (AvgIpc) is 2.52. The maximum absolute atomic E-state index is 9.62. The molecular weight excluding hydrogens is 252 g/mol. The van der Waals surface area contributed by atoms with Crippen molar-refractivity contribution in [1.29, 1.82) is 0 Å². The largest absolute Gasteiger partial charge is 0.491 e. The Balaban J connectivity index is 1.89. The van der Waals surface area contributed by atoms with E-state index < -0.39 is 6.10 Å². The minimum absolute atomic E-state index is 0.241. The lowest BCUT2D eigenvalue weighted by atomic mass is 10.1. The molecule has 0 bridgehead atoms. The van der Waals surface area contributed by atoms with Crippen LogP contribution in [-0.2, 0) is 4.74 Å². The first kappa shape index (κ1) is 14.6. The lowest BCUT2D eigenvalue weighted by molar-refractivity contribution is 0.0164. The van der Waals surface area contributed by atoms with Crippen molar-refractivity contribution in [3.63, 3.8) is 0 Å². The summed E-state index contributed by atoms with van der Waals surface area (Å²) in [5, 5.41) is 9.62. The molecule has 0 aliphatic heterocycles. The molecule has 1 N–H and O–H groups in total. The fourth-order valence-electron chi connectivity index (χ4n) is 1.87. The van der Waals surface area contributed by atoms with Gasteiger partial charge in [0.2, 0.25) is 0 Å². The Labute approximate surface area is 119 Å². The number of aliphatic hydroxyl groups is 1. The zero-order valence-electron chi connectivity index (χ0n) is 11.7. The molecule has 3 nitrogen and oxygen atoms in total. The Morgan fingerprint density at radius 2 is 1.55 bits per heavy atom. The van der Waals surface area contributed by atoms with Crippen molar-refractivity contribution in [3.05, 3.63) is 54.6 Å². The Bertz CT molecular complexity index is 493. The molecule has 3 heteroatoms. The molecule has 0 amide bonds. The smallest absolute Gasteiger partial charge is 0.119 e. The second-order valence-corrected chi connectivity index (χ2v) is 4.51. The normalized spacial score (nSPS) is 12.1. The third-order valence-corrected chi connectivity index (χ3v) is 2.92. The summed E-state index contributed by atoms with van der Waals surface area (Å²) < 4.78 is 10.7. The maximum atomic E-state index is 9.62. The molecule has 20 heavy (non-hydrogen) atoms. The maximum Gasteiger partial charge on any atom is 0.119 e. The van der Waals surface area contributed by atoms with Crippen molar-refractivity contribution < 1.29 is 14.6 Å². The fourth-order valence-corrected chi connectivity index (χ4v) is 1.87. The topological polar surface area (TPSA) is 38.7 Å². The molecule has 1 atom stereocenters. The highest BCUT2D eigenvalue weighted by Crippen LogP contribution is 2.22.